The minimum atomic E-state index is -0.821. The van der Waals surface area contributed by atoms with Crippen LogP contribution in [0.3, 0.4) is 0 Å². The first kappa shape index (κ1) is 13.3. The summed E-state index contributed by atoms with van der Waals surface area (Å²) >= 11 is 0. The van der Waals surface area contributed by atoms with Gasteiger partial charge in [-0.15, -0.1) is 0 Å². The molecule has 1 unspecified atom stereocenters. The second-order valence-electron chi connectivity index (χ2n) is 4.80. The molecule has 1 aromatic carbocycles. The summed E-state index contributed by atoms with van der Waals surface area (Å²) in [5.74, 6) is -1.36. The van der Waals surface area contributed by atoms with E-state index in [4.69, 9.17) is 5.11 Å². The van der Waals surface area contributed by atoms with Crippen LogP contribution in [0.2, 0.25) is 0 Å². The fourth-order valence-electron chi connectivity index (χ4n) is 2.20. The molecule has 1 saturated heterocycles. The predicted octanol–water partition coefficient (Wildman–Crippen LogP) is 1.94. The van der Waals surface area contributed by atoms with Crippen LogP contribution >= 0.6 is 0 Å². The molecular formula is C15H17NO3. The SMILES string of the molecule is Cc1ccccc1C=CC(=O)N1CCC(C(=O)O)C1. The van der Waals surface area contributed by atoms with Crippen LogP contribution in [0.5, 0.6) is 0 Å². The molecule has 0 aliphatic carbocycles. The van der Waals surface area contributed by atoms with Crippen LogP contribution in [-0.4, -0.2) is 35.0 Å². The Kier molecular flexibility index (Phi) is 4.00. The number of carbonyl (C=O) groups is 2. The number of benzene rings is 1. The zero-order chi connectivity index (χ0) is 13.8. The minimum absolute atomic E-state index is 0.119. The minimum Gasteiger partial charge on any atom is -0.481 e. The molecule has 4 heteroatoms. The zero-order valence-electron chi connectivity index (χ0n) is 10.9. The third-order valence-electron chi connectivity index (χ3n) is 3.44. The maximum absolute atomic E-state index is 11.9. The molecule has 0 aromatic heterocycles. The van der Waals surface area contributed by atoms with Crippen LogP contribution in [0.1, 0.15) is 17.5 Å². The Labute approximate surface area is 112 Å². The van der Waals surface area contributed by atoms with Crippen LogP contribution in [0.15, 0.2) is 30.3 Å². The molecule has 1 aliphatic heterocycles. The molecule has 1 aliphatic rings. The third-order valence-corrected chi connectivity index (χ3v) is 3.44. The average Bonchev–Trinajstić information content (AvgIpc) is 2.87. The number of aryl methyl sites for hydroxylation is 1. The fourth-order valence-corrected chi connectivity index (χ4v) is 2.20. The van der Waals surface area contributed by atoms with Crippen molar-refractivity contribution in [2.75, 3.05) is 13.1 Å². The van der Waals surface area contributed by atoms with Crippen LogP contribution in [0.4, 0.5) is 0 Å². The highest BCUT2D eigenvalue weighted by Gasteiger charge is 2.29. The summed E-state index contributed by atoms with van der Waals surface area (Å²) in [6, 6.07) is 7.81. The van der Waals surface area contributed by atoms with Crippen molar-refractivity contribution in [3.63, 3.8) is 0 Å². The monoisotopic (exact) mass is 259 g/mol. The summed E-state index contributed by atoms with van der Waals surface area (Å²) < 4.78 is 0. The van der Waals surface area contributed by atoms with E-state index in [9.17, 15) is 9.59 Å². The van der Waals surface area contributed by atoms with Crippen molar-refractivity contribution in [2.45, 2.75) is 13.3 Å². The van der Waals surface area contributed by atoms with Crippen LogP contribution < -0.4 is 0 Å². The molecule has 0 bridgehead atoms. The third kappa shape index (κ3) is 3.22. The van der Waals surface area contributed by atoms with Gasteiger partial charge in [0.2, 0.25) is 5.91 Å². The van der Waals surface area contributed by atoms with E-state index in [0.29, 0.717) is 19.5 Å². The topological polar surface area (TPSA) is 57.6 Å². The van der Waals surface area contributed by atoms with Gasteiger partial charge in [0, 0.05) is 19.2 Å². The summed E-state index contributed by atoms with van der Waals surface area (Å²) in [6.07, 6.45) is 3.84. The highest BCUT2D eigenvalue weighted by atomic mass is 16.4. The molecule has 2 rings (SSSR count). The number of amides is 1. The molecule has 0 spiro atoms. The molecule has 1 heterocycles. The summed E-state index contributed by atoms with van der Waals surface area (Å²) in [5, 5.41) is 8.90. The molecule has 1 N–H and O–H groups in total. The van der Waals surface area contributed by atoms with Crippen molar-refractivity contribution in [1.82, 2.24) is 4.90 Å². The van der Waals surface area contributed by atoms with E-state index in [1.165, 1.54) is 6.08 Å². The first-order valence-electron chi connectivity index (χ1n) is 6.33. The predicted molar refractivity (Wildman–Crippen MR) is 72.5 cm³/mol. The van der Waals surface area contributed by atoms with E-state index >= 15 is 0 Å². The molecule has 1 aromatic rings. The lowest BCUT2D eigenvalue weighted by molar-refractivity contribution is -0.141. The summed E-state index contributed by atoms with van der Waals surface area (Å²) in [5.41, 5.74) is 2.11. The maximum atomic E-state index is 11.9. The standard InChI is InChI=1S/C15H17NO3/c1-11-4-2-3-5-12(11)6-7-14(17)16-9-8-13(10-16)15(18)19/h2-7,13H,8-10H2,1H3,(H,18,19). The van der Waals surface area contributed by atoms with Gasteiger partial charge in [-0.3, -0.25) is 9.59 Å². The van der Waals surface area contributed by atoms with E-state index in [1.807, 2.05) is 31.2 Å². The number of carbonyl (C=O) groups excluding carboxylic acids is 1. The number of rotatable bonds is 3. The van der Waals surface area contributed by atoms with Crippen molar-refractivity contribution < 1.29 is 14.7 Å². The van der Waals surface area contributed by atoms with Gasteiger partial charge in [-0.05, 0) is 30.5 Å². The van der Waals surface area contributed by atoms with Crippen LogP contribution in [0.25, 0.3) is 6.08 Å². The Morgan fingerprint density at radius 1 is 1.37 bits per heavy atom. The Bertz CT molecular complexity index is 522. The summed E-state index contributed by atoms with van der Waals surface area (Å²) in [4.78, 5) is 24.4. The Morgan fingerprint density at radius 2 is 2.11 bits per heavy atom. The number of likely N-dealkylation sites (tertiary alicyclic amines) is 1. The van der Waals surface area contributed by atoms with E-state index in [-0.39, 0.29) is 5.91 Å². The molecule has 100 valence electrons. The first-order chi connectivity index (χ1) is 9.08. The lowest BCUT2D eigenvalue weighted by atomic mass is 10.1. The molecule has 0 radical (unpaired) electrons. The lowest BCUT2D eigenvalue weighted by Gasteiger charge is -2.12. The number of hydrogen-bond donors (Lipinski definition) is 1. The number of carboxylic acid groups (broad SMARTS) is 1. The van der Waals surface area contributed by atoms with Gasteiger partial charge in [-0.1, -0.05) is 24.3 Å². The number of aliphatic carboxylic acids is 1. The van der Waals surface area contributed by atoms with E-state index in [2.05, 4.69) is 0 Å². The van der Waals surface area contributed by atoms with Gasteiger partial charge in [-0.25, -0.2) is 0 Å². The normalized spacial score (nSPS) is 19.0. The molecule has 0 saturated carbocycles. The van der Waals surface area contributed by atoms with Gasteiger partial charge in [0.25, 0.3) is 0 Å². The highest BCUT2D eigenvalue weighted by molar-refractivity contribution is 5.92. The Hall–Kier alpha value is -2.10. The van der Waals surface area contributed by atoms with Gasteiger partial charge >= 0.3 is 5.97 Å². The van der Waals surface area contributed by atoms with Crippen molar-refractivity contribution in [3.8, 4) is 0 Å². The maximum Gasteiger partial charge on any atom is 0.308 e. The van der Waals surface area contributed by atoms with E-state index < -0.39 is 11.9 Å². The molecule has 1 atom stereocenters. The number of hydrogen-bond acceptors (Lipinski definition) is 2. The van der Waals surface area contributed by atoms with Crippen molar-refractivity contribution in [1.29, 1.82) is 0 Å². The fraction of sp³-hybridized carbons (Fsp3) is 0.333. The lowest BCUT2D eigenvalue weighted by Crippen LogP contribution is -2.28. The smallest absolute Gasteiger partial charge is 0.308 e. The number of nitrogens with zero attached hydrogens (tertiary/aromatic N) is 1. The van der Waals surface area contributed by atoms with E-state index in [1.54, 1.807) is 11.0 Å². The summed E-state index contributed by atoms with van der Waals surface area (Å²) in [6.45, 7) is 2.82. The second-order valence-corrected chi connectivity index (χ2v) is 4.80. The van der Waals surface area contributed by atoms with Crippen molar-refractivity contribution in [3.05, 3.63) is 41.5 Å². The second kappa shape index (κ2) is 5.69. The Balaban J connectivity index is 1.99. The first-order valence-corrected chi connectivity index (χ1v) is 6.33. The van der Waals surface area contributed by atoms with Gasteiger partial charge in [0.05, 0.1) is 5.92 Å². The van der Waals surface area contributed by atoms with Crippen LogP contribution in [-0.2, 0) is 9.59 Å². The molecule has 1 amide bonds. The van der Waals surface area contributed by atoms with Crippen LogP contribution in [0, 0.1) is 12.8 Å². The zero-order valence-corrected chi connectivity index (χ0v) is 10.9. The Morgan fingerprint density at radius 3 is 2.74 bits per heavy atom. The van der Waals surface area contributed by atoms with E-state index in [0.717, 1.165) is 11.1 Å². The summed E-state index contributed by atoms with van der Waals surface area (Å²) in [7, 11) is 0. The van der Waals surface area contributed by atoms with Crippen molar-refractivity contribution in [2.24, 2.45) is 5.92 Å². The largest absolute Gasteiger partial charge is 0.481 e. The van der Waals surface area contributed by atoms with Gasteiger partial charge < -0.3 is 10.0 Å². The average molecular weight is 259 g/mol. The molecule has 4 nitrogen and oxygen atoms in total. The van der Waals surface area contributed by atoms with Crippen molar-refractivity contribution >= 4 is 18.0 Å². The molecule has 19 heavy (non-hydrogen) atoms. The molecular weight excluding hydrogens is 242 g/mol. The van der Waals surface area contributed by atoms with Gasteiger partial charge in [0.1, 0.15) is 0 Å². The van der Waals surface area contributed by atoms with Gasteiger partial charge in [0.15, 0.2) is 0 Å². The van der Waals surface area contributed by atoms with Gasteiger partial charge in [-0.2, -0.15) is 0 Å². The molecule has 1 fully saturated rings. The number of carboxylic acids is 1. The highest BCUT2D eigenvalue weighted by Crippen LogP contribution is 2.17. The quantitative estimate of drug-likeness (QED) is 0.844.